The number of rotatable bonds is 2. The van der Waals surface area contributed by atoms with Gasteiger partial charge in [0.05, 0.1) is 0 Å². The summed E-state index contributed by atoms with van der Waals surface area (Å²) in [7, 11) is 1.88. The second-order valence-electron chi connectivity index (χ2n) is 2.12. The Hall–Kier alpha value is -1.02. The van der Waals surface area contributed by atoms with Gasteiger partial charge in [-0.3, -0.25) is 5.73 Å². The van der Waals surface area contributed by atoms with E-state index in [-0.39, 0.29) is 0 Å². The van der Waals surface area contributed by atoms with E-state index in [1.807, 2.05) is 31.3 Å². The van der Waals surface area contributed by atoms with Gasteiger partial charge < -0.3 is 5.32 Å². The van der Waals surface area contributed by atoms with Crippen molar-refractivity contribution in [3.63, 3.8) is 0 Å². The number of anilines is 1. The summed E-state index contributed by atoms with van der Waals surface area (Å²) in [5.74, 6) is 0. The molecule has 0 unspecified atom stereocenters. The van der Waals surface area contributed by atoms with Crippen LogP contribution in [0, 0.1) is 0 Å². The third kappa shape index (κ3) is 1.48. The molecule has 0 atom stereocenters. The molecule has 0 aromatic heterocycles. The van der Waals surface area contributed by atoms with Gasteiger partial charge in [-0.15, -0.1) is 0 Å². The summed E-state index contributed by atoms with van der Waals surface area (Å²) in [4.78, 5) is 0. The van der Waals surface area contributed by atoms with Crippen molar-refractivity contribution in [1.82, 2.24) is 5.73 Å². The van der Waals surface area contributed by atoms with E-state index in [1.165, 1.54) is 0 Å². The molecule has 0 saturated heterocycles. The predicted molar refractivity (Wildman–Crippen MR) is 42.8 cm³/mol. The Bertz CT molecular complexity index is 168. The molecule has 0 bridgehead atoms. The fourth-order valence-corrected chi connectivity index (χ4v) is 0.789. The van der Waals surface area contributed by atoms with Crippen LogP contribution in [0.2, 0.25) is 0 Å². The van der Waals surface area contributed by atoms with E-state index in [0.29, 0.717) is 6.54 Å². The smallest absolute Gasteiger partial charge is 0.0351 e. The van der Waals surface area contributed by atoms with Gasteiger partial charge in [0.2, 0.25) is 0 Å². The van der Waals surface area contributed by atoms with Crippen molar-refractivity contribution in [1.29, 1.82) is 0 Å². The average molecular weight is 135 g/mol. The van der Waals surface area contributed by atoms with E-state index in [9.17, 15) is 0 Å². The maximum Gasteiger partial charge on any atom is 0.0351 e. The molecule has 0 spiro atoms. The molecule has 0 amide bonds. The summed E-state index contributed by atoms with van der Waals surface area (Å²) in [6, 6.07) is 7.87. The zero-order valence-corrected chi connectivity index (χ0v) is 6.02. The van der Waals surface area contributed by atoms with Crippen LogP contribution in [0.3, 0.4) is 0 Å². The van der Waals surface area contributed by atoms with Crippen molar-refractivity contribution in [3.8, 4) is 0 Å². The van der Waals surface area contributed by atoms with Crippen molar-refractivity contribution < 1.29 is 0 Å². The minimum atomic E-state index is 0.365. The Morgan fingerprint density at radius 2 is 1.90 bits per heavy atom. The minimum absolute atomic E-state index is 0.365. The van der Waals surface area contributed by atoms with Gasteiger partial charge in [-0.05, 0) is 17.7 Å². The maximum absolute atomic E-state index is 7.05. The molecule has 2 nitrogen and oxygen atoms in total. The largest absolute Gasteiger partial charge is 0.388 e. The molecule has 1 aromatic carbocycles. The van der Waals surface area contributed by atoms with Crippen LogP contribution in [0.15, 0.2) is 24.3 Å². The highest BCUT2D eigenvalue weighted by Gasteiger charge is 1.88. The predicted octanol–water partition coefficient (Wildman–Crippen LogP) is 1.51. The van der Waals surface area contributed by atoms with Crippen molar-refractivity contribution >= 4 is 5.69 Å². The van der Waals surface area contributed by atoms with E-state index >= 15 is 0 Å². The SMILES string of the molecule is CNc1ccc(C[NH])cc1. The lowest BCUT2D eigenvalue weighted by molar-refractivity contribution is 1.03. The zero-order chi connectivity index (χ0) is 7.40. The van der Waals surface area contributed by atoms with Gasteiger partial charge >= 0.3 is 0 Å². The fourth-order valence-electron chi connectivity index (χ4n) is 0.789. The van der Waals surface area contributed by atoms with Gasteiger partial charge in [0.1, 0.15) is 0 Å². The van der Waals surface area contributed by atoms with Crippen LogP contribution in [-0.4, -0.2) is 7.05 Å². The molecule has 2 N–H and O–H groups in total. The molecule has 0 heterocycles. The van der Waals surface area contributed by atoms with Gasteiger partial charge in [-0.25, -0.2) is 0 Å². The Labute approximate surface area is 61.1 Å². The van der Waals surface area contributed by atoms with Crippen LogP contribution < -0.4 is 11.1 Å². The molecule has 0 fully saturated rings. The average Bonchev–Trinajstić information content (AvgIpc) is 2.05. The summed E-state index contributed by atoms with van der Waals surface area (Å²) >= 11 is 0. The van der Waals surface area contributed by atoms with Crippen molar-refractivity contribution in [2.75, 3.05) is 12.4 Å². The first-order valence-electron chi connectivity index (χ1n) is 3.28. The zero-order valence-electron chi connectivity index (χ0n) is 6.02. The third-order valence-corrected chi connectivity index (χ3v) is 1.45. The van der Waals surface area contributed by atoms with Crippen LogP contribution >= 0.6 is 0 Å². The van der Waals surface area contributed by atoms with Crippen LogP contribution in [-0.2, 0) is 6.54 Å². The van der Waals surface area contributed by atoms with Gasteiger partial charge in [0.25, 0.3) is 0 Å². The molecular weight excluding hydrogens is 124 g/mol. The highest BCUT2D eigenvalue weighted by molar-refractivity contribution is 5.43. The molecule has 1 rings (SSSR count). The van der Waals surface area contributed by atoms with Gasteiger partial charge in [0.15, 0.2) is 0 Å². The van der Waals surface area contributed by atoms with Crippen molar-refractivity contribution in [2.24, 2.45) is 0 Å². The normalized spacial score (nSPS) is 9.40. The van der Waals surface area contributed by atoms with Gasteiger partial charge in [-0.1, -0.05) is 12.1 Å². The Morgan fingerprint density at radius 3 is 2.30 bits per heavy atom. The van der Waals surface area contributed by atoms with E-state index in [2.05, 4.69) is 5.32 Å². The summed E-state index contributed by atoms with van der Waals surface area (Å²) in [6.07, 6.45) is 0. The quantitative estimate of drug-likeness (QED) is 0.655. The second kappa shape index (κ2) is 3.22. The molecule has 0 aliphatic heterocycles. The lowest BCUT2D eigenvalue weighted by Gasteiger charge is -1.99. The van der Waals surface area contributed by atoms with E-state index in [1.54, 1.807) is 0 Å². The number of benzene rings is 1. The van der Waals surface area contributed by atoms with E-state index < -0.39 is 0 Å². The second-order valence-corrected chi connectivity index (χ2v) is 2.12. The third-order valence-electron chi connectivity index (χ3n) is 1.45. The Kier molecular flexibility index (Phi) is 2.29. The summed E-state index contributed by atoms with van der Waals surface area (Å²) in [5.41, 5.74) is 9.20. The van der Waals surface area contributed by atoms with E-state index in [4.69, 9.17) is 5.73 Å². The lowest BCUT2D eigenvalue weighted by Crippen LogP contribution is -1.88. The van der Waals surface area contributed by atoms with Crippen molar-refractivity contribution in [3.05, 3.63) is 29.8 Å². The molecule has 0 saturated carbocycles. The number of hydrogen-bond acceptors (Lipinski definition) is 1. The molecule has 0 aliphatic rings. The molecular formula is C8H11N2. The standard InChI is InChI=1S/C8H11N2/c1-10-8-4-2-7(6-9)3-5-8/h2-5,9-10H,6H2,1H3. The molecule has 10 heavy (non-hydrogen) atoms. The summed E-state index contributed by atoms with van der Waals surface area (Å²) in [5, 5.41) is 3.02. The highest BCUT2D eigenvalue weighted by atomic mass is 14.8. The lowest BCUT2D eigenvalue weighted by atomic mass is 10.2. The van der Waals surface area contributed by atoms with Crippen LogP contribution in [0.1, 0.15) is 5.56 Å². The minimum Gasteiger partial charge on any atom is -0.388 e. The van der Waals surface area contributed by atoms with Crippen LogP contribution in [0.5, 0.6) is 0 Å². The monoisotopic (exact) mass is 135 g/mol. The molecule has 1 aromatic rings. The highest BCUT2D eigenvalue weighted by Crippen LogP contribution is 2.07. The molecule has 1 radical (unpaired) electrons. The maximum atomic E-state index is 7.05. The molecule has 2 heteroatoms. The number of nitrogens with one attached hydrogen (secondary N) is 2. The summed E-state index contributed by atoms with van der Waals surface area (Å²) in [6.45, 7) is 0.365. The Morgan fingerprint density at radius 1 is 1.30 bits per heavy atom. The topological polar surface area (TPSA) is 35.8 Å². The van der Waals surface area contributed by atoms with Crippen LogP contribution in [0.25, 0.3) is 0 Å². The first-order chi connectivity index (χ1) is 4.86. The molecule has 53 valence electrons. The van der Waals surface area contributed by atoms with Crippen LogP contribution in [0.4, 0.5) is 5.69 Å². The Balaban J connectivity index is 2.80. The fraction of sp³-hybridized carbons (Fsp3) is 0.250. The van der Waals surface area contributed by atoms with Gasteiger partial charge in [-0.2, -0.15) is 0 Å². The van der Waals surface area contributed by atoms with Crippen molar-refractivity contribution in [2.45, 2.75) is 6.54 Å². The van der Waals surface area contributed by atoms with Gasteiger partial charge in [0, 0.05) is 19.3 Å². The molecule has 0 aliphatic carbocycles. The number of hydrogen-bond donors (Lipinski definition) is 1. The first kappa shape index (κ1) is 7.09. The van der Waals surface area contributed by atoms with E-state index in [0.717, 1.165) is 11.3 Å². The first-order valence-corrected chi connectivity index (χ1v) is 3.28. The summed E-state index contributed by atoms with van der Waals surface area (Å²) < 4.78 is 0.